The van der Waals surface area contributed by atoms with Crippen LogP contribution in [0.15, 0.2) is 78.9 Å². The molecule has 0 radical (unpaired) electrons. The second-order valence-electron chi connectivity index (χ2n) is 7.12. The third-order valence-electron chi connectivity index (χ3n) is 4.77. The van der Waals surface area contributed by atoms with Crippen LogP contribution in [0.5, 0.6) is 5.75 Å². The molecule has 0 bridgehead atoms. The smallest absolute Gasteiger partial charge is 0.271 e. The molecule has 3 nitrogen and oxygen atoms in total. The van der Waals surface area contributed by atoms with Gasteiger partial charge in [-0.1, -0.05) is 72.3 Å². The molecule has 0 N–H and O–H groups in total. The van der Waals surface area contributed by atoms with Gasteiger partial charge in [0.2, 0.25) is 0 Å². The molecule has 4 heteroatoms. The van der Waals surface area contributed by atoms with Gasteiger partial charge in [0.25, 0.3) is 5.91 Å². The quantitative estimate of drug-likeness (QED) is 0.591. The minimum atomic E-state index is -0.970. The fraction of sp³-hybridized carbons (Fsp3) is 0.174. The second-order valence-corrected chi connectivity index (χ2v) is 7.56. The summed E-state index contributed by atoms with van der Waals surface area (Å²) in [5.74, 6) is 0.552. The molecule has 0 spiro atoms. The summed E-state index contributed by atoms with van der Waals surface area (Å²) in [5.41, 5.74) is 1.77. The summed E-state index contributed by atoms with van der Waals surface area (Å²) in [7, 11) is 0. The summed E-state index contributed by atoms with van der Waals surface area (Å²) in [6.45, 7) is 3.60. The summed E-state index contributed by atoms with van der Waals surface area (Å²) >= 11 is 6.26. The van der Waals surface area contributed by atoms with Crippen LogP contribution in [-0.2, 0) is 4.79 Å². The Balaban J connectivity index is 1.96. The van der Waals surface area contributed by atoms with Crippen molar-refractivity contribution in [1.82, 2.24) is 0 Å². The van der Waals surface area contributed by atoms with Gasteiger partial charge in [0.1, 0.15) is 5.75 Å². The number of amides is 1. The Morgan fingerprint density at radius 3 is 2.00 bits per heavy atom. The Hall–Kier alpha value is -2.78. The molecule has 0 unspecified atom stereocenters. The Morgan fingerprint density at radius 1 is 0.889 bits per heavy atom. The van der Waals surface area contributed by atoms with E-state index >= 15 is 0 Å². The van der Waals surface area contributed by atoms with Crippen LogP contribution < -0.4 is 9.64 Å². The summed E-state index contributed by atoms with van der Waals surface area (Å²) in [6, 6.07) is 25.2. The van der Waals surface area contributed by atoms with Gasteiger partial charge in [0.05, 0.1) is 11.7 Å². The highest BCUT2D eigenvalue weighted by Crippen LogP contribution is 2.45. The number of carbonyl (C=O) groups excluding carboxylic acids is 1. The molecule has 1 amide bonds. The van der Waals surface area contributed by atoms with Crippen LogP contribution in [0.2, 0.25) is 5.02 Å². The first-order valence-electron chi connectivity index (χ1n) is 8.89. The van der Waals surface area contributed by atoms with E-state index in [-0.39, 0.29) is 11.9 Å². The molecule has 0 saturated heterocycles. The predicted octanol–water partition coefficient (Wildman–Crippen LogP) is 5.63. The van der Waals surface area contributed by atoms with Crippen molar-refractivity contribution in [3.63, 3.8) is 0 Å². The molecule has 1 aliphatic rings. The minimum Gasteiger partial charge on any atom is -0.476 e. The normalized spacial score (nSPS) is 15.4. The highest BCUT2D eigenvalue weighted by molar-refractivity contribution is 6.31. The summed E-state index contributed by atoms with van der Waals surface area (Å²) in [4.78, 5) is 15.3. The lowest BCUT2D eigenvalue weighted by atomic mass is 9.93. The molecule has 1 aliphatic heterocycles. The van der Waals surface area contributed by atoms with Gasteiger partial charge in [0, 0.05) is 5.02 Å². The van der Waals surface area contributed by atoms with E-state index in [1.807, 2.05) is 71.6 Å². The molecule has 0 fully saturated rings. The van der Waals surface area contributed by atoms with Crippen molar-refractivity contribution in [3.05, 3.63) is 95.0 Å². The largest absolute Gasteiger partial charge is 0.476 e. The molecule has 0 atom stereocenters. The van der Waals surface area contributed by atoms with E-state index in [4.69, 9.17) is 16.3 Å². The van der Waals surface area contributed by atoms with Crippen molar-refractivity contribution < 1.29 is 9.53 Å². The molecule has 0 aliphatic carbocycles. The lowest BCUT2D eigenvalue weighted by Gasteiger charge is -2.43. The third kappa shape index (κ3) is 3.19. The predicted molar refractivity (Wildman–Crippen MR) is 108 cm³/mol. The third-order valence-corrected chi connectivity index (χ3v) is 5.00. The van der Waals surface area contributed by atoms with Gasteiger partial charge < -0.3 is 4.74 Å². The van der Waals surface area contributed by atoms with E-state index < -0.39 is 5.60 Å². The summed E-state index contributed by atoms with van der Waals surface area (Å²) in [6.07, 6.45) is 0. The first-order valence-corrected chi connectivity index (χ1v) is 9.27. The monoisotopic (exact) mass is 377 g/mol. The Morgan fingerprint density at radius 2 is 1.44 bits per heavy atom. The van der Waals surface area contributed by atoms with Crippen molar-refractivity contribution in [3.8, 4) is 5.75 Å². The van der Waals surface area contributed by atoms with Crippen molar-refractivity contribution >= 4 is 23.2 Å². The van der Waals surface area contributed by atoms with E-state index in [9.17, 15) is 4.79 Å². The number of halogens is 1. The molecular formula is C23H20ClNO2. The number of rotatable bonds is 3. The Kier molecular flexibility index (Phi) is 4.40. The lowest BCUT2D eigenvalue weighted by molar-refractivity contribution is -0.133. The standard InChI is InChI=1S/C23H20ClNO2/c1-23(2)22(26)25(19-15-18(24)13-14-20(19)27-23)21(16-9-5-3-6-10-16)17-11-7-4-8-12-17/h3-15,21H,1-2H3. The zero-order valence-electron chi connectivity index (χ0n) is 15.2. The molecular weight excluding hydrogens is 358 g/mol. The Labute approximate surface area is 164 Å². The molecule has 0 aromatic heterocycles. The van der Waals surface area contributed by atoms with Crippen LogP contribution in [0.1, 0.15) is 31.0 Å². The highest BCUT2D eigenvalue weighted by atomic mass is 35.5. The number of hydrogen-bond donors (Lipinski definition) is 0. The van der Waals surface area contributed by atoms with E-state index in [0.29, 0.717) is 16.5 Å². The van der Waals surface area contributed by atoms with E-state index in [1.54, 1.807) is 26.0 Å². The number of benzene rings is 3. The second kappa shape index (κ2) is 6.75. The first-order chi connectivity index (χ1) is 13.0. The SMILES string of the molecule is CC1(C)Oc2ccc(Cl)cc2N(C(c2ccccc2)c2ccccc2)C1=O. The molecule has 3 aromatic rings. The van der Waals surface area contributed by atoms with Gasteiger partial charge in [0.15, 0.2) is 5.60 Å². The van der Waals surface area contributed by atoms with Crippen molar-refractivity contribution in [2.24, 2.45) is 0 Å². The Bertz CT molecular complexity index is 931. The van der Waals surface area contributed by atoms with Crippen LogP contribution in [0, 0.1) is 0 Å². The van der Waals surface area contributed by atoms with Crippen LogP contribution >= 0.6 is 11.6 Å². The van der Waals surface area contributed by atoms with Crippen molar-refractivity contribution in [2.45, 2.75) is 25.5 Å². The van der Waals surface area contributed by atoms with E-state index in [0.717, 1.165) is 11.1 Å². The van der Waals surface area contributed by atoms with Gasteiger partial charge in [-0.3, -0.25) is 9.69 Å². The molecule has 4 rings (SSSR count). The zero-order valence-corrected chi connectivity index (χ0v) is 16.0. The number of carbonyl (C=O) groups is 1. The van der Waals surface area contributed by atoms with Gasteiger partial charge in [-0.15, -0.1) is 0 Å². The number of anilines is 1. The number of ether oxygens (including phenoxy) is 1. The van der Waals surface area contributed by atoms with Gasteiger partial charge in [-0.25, -0.2) is 0 Å². The van der Waals surface area contributed by atoms with Gasteiger partial charge in [-0.2, -0.15) is 0 Å². The van der Waals surface area contributed by atoms with Crippen LogP contribution in [-0.4, -0.2) is 11.5 Å². The lowest BCUT2D eigenvalue weighted by Crippen LogP contribution is -2.53. The average Bonchev–Trinajstić information content (AvgIpc) is 2.67. The zero-order chi connectivity index (χ0) is 19.0. The van der Waals surface area contributed by atoms with Crippen LogP contribution in [0.4, 0.5) is 5.69 Å². The molecule has 1 heterocycles. The van der Waals surface area contributed by atoms with Gasteiger partial charge >= 0.3 is 0 Å². The van der Waals surface area contributed by atoms with E-state index in [1.165, 1.54) is 0 Å². The van der Waals surface area contributed by atoms with Gasteiger partial charge in [-0.05, 0) is 43.2 Å². The maximum atomic E-state index is 13.5. The number of hydrogen-bond acceptors (Lipinski definition) is 2. The first kappa shape index (κ1) is 17.6. The summed E-state index contributed by atoms with van der Waals surface area (Å²) < 4.78 is 5.99. The maximum absolute atomic E-state index is 13.5. The average molecular weight is 378 g/mol. The van der Waals surface area contributed by atoms with Crippen molar-refractivity contribution in [2.75, 3.05) is 4.90 Å². The maximum Gasteiger partial charge on any atom is 0.271 e. The molecule has 3 aromatic carbocycles. The fourth-order valence-corrected chi connectivity index (χ4v) is 3.67. The molecule has 0 saturated carbocycles. The summed E-state index contributed by atoms with van der Waals surface area (Å²) in [5, 5.41) is 0.565. The van der Waals surface area contributed by atoms with E-state index in [2.05, 4.69) is 0 Å². The minimum absolute atomic E-state index is 0.102. The number of fused-ring (bicyclic) bond motifs is 1. The molecule has 136 valence electrons. The highest BCUT2D eigenvalue weighted by Gasteiger charge is 2.44. The van der Waals surface area contributed by atoms with Crippen molar-refractivity contribution in [1.29, 1.82) is 0 Å². The molecule has 27 heavy (non-hydrogen) atoms. The fourth-order valence-electron chi connectivity index (χ4n) is 3.50. The number of nitrogens with zero attached hydrogens (tertiary/aromatic N) is 1. The van der Waals surface area contributed by atoms with Crippen LogP contribution in [0.3, 0.4) is 0 Å². The van der Waals surface area contributed by atoms with Crippen LogP contribution in [0.25, 0.3) is 0 Å². The topological polar surface area (TPSA) is 29.5 Å².